The molecule has 0 fully saturated rings. The fourth-order valence-electron chi connectivity index (χ4n) is 2.99. The molecule has 1 heteroatoms. The predicted molar refractivity (Wildman–Crippen MR) is 103 cm³/mol. The van der Waals surface area contributed by atoms with E-state index < -0.39 is 0 Å². The summed E-state index contributed by atoms with van der Waals surface area (Å²) < 4.78 is 0. The molecule has 0 spiro atoms. The Morgan fingerprint density at radius 1 is 0.727 bits per heavy atom. The molecule has 0 amide bonds. The number of aryl methyl sites for hydroxylation is 1. The highest BCUT2D eigenvalue weighted by molar-refractivity contribution is 7.09. The van der Waals surface area contributed by atoms with Gasteiger partial charge < -0.3 is 0 Å². The van der Waals surface area contributed by atoms with Crippen molar-refractivity contribution in [3.63, 3.8) is 0 Å². The zero-order valence-corrected chi connectivity index (χ0v) is 15.3. The number of allylic oxidation sites excluding steroid dienone is 1. The van der Waals surface area contributed by atoms with Crippen LogP contribution in [0.3, 0.4) is 0 Å². The smallest absolute Gasteiger partial charge is 0.00452 e. The molecule has 0 aliphatic carbocycles. The molecular weight excluding hydrogens is 284 g/mol. The Morgan fingerprint density at radius 3 is 1.68 bits per heavy atom. The van der Waals surface area contributed by atoms with E-state index in [1.54, 1.807) is 4.88 Å². The molecule has 0 saturated carbocycles. The van der Waals surface area contributed by atoms with Crippen molar-refractivity contribution in [2.24, 2.45) is 0 Å². The molecule has 0 aromatic carbocycles. The Hall–Kier alpha value is -0.560. The summed E-state index contributed by atoms with van der Waals surface area (Å²) >= 11 is 1.91. The van der Waals surface area contributed by atoms with Gasteiger partial charge in [-0.15, -0.1) is 17.9 Å². The summed E-state index contributed by atoms with van der Waals surface area (Å²) in [6, 6.07) is 4.44. The molecule has 0 radical (unpaired) electrons. The predicted octanol–water partition coefficient (Wildman–Crippen LogP) is 7.94. The van der Waals surface area contributed by atoms with Crippen molar-refractivity contribution in [2.75, 3.05) is 0 Å². The molecule has 0 N–H and O–H groups in total. The van der Waals surface area contributed by atoms with Crippen LogP contribution in [0.1, 0.15) is 94.8 Å². The number of unbranched alkanes of at least 4 members (excludes halogenated alkanes) is 13. The zero-order valence-electron chi connectivity index (χ0n) is 14.5. The van der Waals surface area contributed by atoms with Crippen molar-refractivity contribution in [3.8, 4) is 0 Å². The van der Waals surface area contributed by atoms with E-state index in [9.17, 15) is 0 Å². The van der Waals surface area contributed by atoms with Gasteiger partial charge in [0.05, 0.1) is 0 Å². The van der Waals surface area contributed by atoms with Gasteiger partial charge in [0, 0.05) is 4.88 Å². The summed E-state index contributed by atoms with van der Waals surface area (Å²) in [5.74, 6) is 0. The normalized spacial score (nSPS) is 10.9. The first-order valence-electron chi connectivity index (χ1n) is 9.57. The van der Waals surface area contributed by atoms with Crippen LogP contribution in [0.25, 0.3) is 0 Å². The summed E-state index contributed by atoms with van der Waals surface area (Å²) in [5, 5.41) is 2.19. The standard InChI is InChI=1S/C21H36S/c1-2-3-4-5-6-7-8-9-10-11-12-13-14-15-16-18-21-19-17-20-22-21/h2,17,19-20H,1,3-16,18H2. The second-order valence-corrected chi connectivity index (χ2v) is 7.54. The van der Waals surface area contributed by atoms with Crippen LogP contribution >= 0.6 is 11.3 Å². The number of rotatable bonds is 16. The SMILES string of the molecule is C=CCCCCCCCCCCCCCCCc1cccs1. The Kier molecular flexibility index (Phi) is 13.6. The zero-order chi connectivity index (χ0) is 15.7. The average molecular weight is 321 g/mol. The maximum atomic E-state index is 3.77. The third kappa shape index (κ3) is 12.0. The first-order chi connectivity index (χ1) is 10.9. The Bertz CT molecular complexity index is 326. The van der Waals surface area contributed by atoms with Crippen molar-refractivity contribution in [1.82, 2.24) is 0 Å². The molecule has 0 aliphatic heterocycles. The molecule has 126 valence electrons. The minimum atomic E-state index is 1.20. The summed E-state index contributed by atoms with van der Waals surface area (Å²) in [4.78, 5) is 1.56. The Balaban J connectivity index is 1.69. The van der Waals surface area contributed by atoms with Gasteiger partial charge in [0.25, 0.3) is 0 Å². The van der Waals surface area contributed by atoms with Crippen LogP contribution in [0.15, 0.2) is 30.2 Å². The molecule has 0 nitrogen and oxygen atoms in total. The molecule has 1 rings (SSSR count). The first-order valence-corrected chi connectivity index (χ1v) is 10.4. The van der Waals surface area contributed by atoms with Crippen LogP contribution in [0.5, 0.6) is 0 Å². The quantitative estimate of drug-likeness (QED) is 0.214. The third-order valence-corrected chi connectivity index (χ3v) is 5.35. The molecule has 0 aliphatic rings. The lowest BCUT2D eigenvalue weighted by molar-refractivity contribution is 0.537. The maximum absolute atomic E-state index is 3.77. The van der Waals surface area contributed by atoms with E-state index in [-0.39, 0.29) is 0 Å². The highest BCUT2D eigenvalue weighted by atomic mass is 32.1. The molecule has 1 heterocycles. The van der Waals surface area contributed by atoms with Crippen molar-refractivity contribution in [1.29, 1.82) is 0 Å². The minimum Gasteiger partial charge on any atom is -0.149 e. The topological polar surface area (TPSA) is 0 Å². The van der Waals surface area contributed by atoms with Crippen LogP contribution in [0, 0.1) is 0 Å². The van der Waals surface area contributed by atoms with E-state index in [4.69, 9.17) is 0 Å². The van der Waals surface area contributed by atoms with Crippen LogP contribution in [0.4, 0.5) is 0 Å². The fraction of sp³-hybridized carbons (Fsp3) is 0.714. The second kappa shape index (κ2) is 15.3. The molecule has 0 atom stereocenters. The fourth-order valence-corrected chi connectivity index (χ4v) is 3.74. The molecule has 1 aromatic heterocycles. The Labute approximate surface area is 143 Å². The van der Waals surface area contributed by atoms with Crippen molar-refractivity contribution >= 4 is 11.3 Å². The third-order valence-electron chi connectivity index (χ3n) is 4.41. The summed E-state index contributed by atoms with van der Waals surface area (Å²) in [6.45, 7) is 3.77. The van der Waals surface area contributed by atoms with Crippen molar-refractivity contribution in [2.45, 2.75) is 96.3 Å². The van der Waals surface area contributed by atoms with Crippen LogP contribution in [-0.2, 0) is 6.42 Å². The van der Waals surface area contributed by atoms with Gasteiger partial charge in [-0.05, 0) is 37.1 Å². The number of thiophene rings is 1. The summed E-state index contributed by atoms with van der Waals surface area (Å²) in [6.07, 6.45) is 23.1. The first kappa shape index (κ1) is 19.5. The van der Waals surface area contributed by atoms with E-state index in [1.165, 1.54) is 96.3 Å². The van der Waals surface area contributed by atoms with Gasteiger partial charge >= 0.3 is 0 Å². The van der Waals surface area contributed by atoms with E-state index in [1.807, 2.05) is 17.4 Å². The highest BCUT2D eigenvalue weighted by Gasteiger charge is 1.96. The van der Waals surface area contributed by atoms with Crippen molar-refractivity contribution in [3.05, 3.63) is 35.0 Å². The van der Waals surface area contributed by atoms with Crippen LogP contribution < -0.4 is 0 Å². The van der Waals surface area contributed by atoms with E-state index in [0.717, 1.165) is 0 Å². The average Bonchev–Trinajstić information content (AvgIpc) is 3.04. The van der Waals surface area contributed by atoms with Gasteiger partial charge in [-0.1, -0.05) is 82.8 Å². The number of hydrogen-bond donors (Lipinski definition) is 0. The van der Waals surface area contributed by atoms with Gasteiger partial charge in [0.15, 0.2) is 0 Å². The second-order valence-electron chi connectivity index (χ2n) is 6.50. The van der Waals surface area contributed by atoms with Gasteiger partial charge in [-0.3, -0.25) is 0 Å². The largest absolute Gasteiger partial charge is 0.149 e. The molecule has 0 saturated heterocycles. The molecule has 0 unspecified atom stereocenters. The van der Waals surface area contributed by atoms with E-state index >= 15 is 0 Å². The van der Waals surface area contributed by atoms with Crippen LogP contribution in [-0.4, -0.2) is 0 Å². The van der Waals surface area contributed by atoms with Gasteiger partial charge in [0.2, 0.25) is 0 Å². The lowest BCUT2D eigenvalue weighted by Gasteiger charge is -2.03. The number of hydrogen-bond acceptors (Lipinski definition) is 1. The summed E-state index contributed by atoms with van der Waals surface area (Å²) in [7, 11) is 0. The molecule has 1 aromatic rings. The lowest BCUT2D eigenvalue weighted by Crippen LogP contribution is -1.84. The minimum absolute atomic E-state index is 1.20. The monoisotopic (exact) mass is 320 g/mol. The van der Waals surface area contributed by atoms with Gasteiger partial charge in [-0.2, -0.15) is 0 Å². The molecule has 0 bridgehead atoms. The maximum Gasteiger partial charge on any atom is 0.00452 e. The van der Waals surface area contributed by atoms with Crippen LogP contribution in [0.2, 0.25) is 0 Å². The van der Waals surface area contributed by atoms with Gasteiger partial charge in [-0.25, -0.2) is 0 Å². The molecule has 22 heavy (non-hydrogen) atoms. The Morgan fingerprint density at radius 2 is 1.23 bits per heavy atom. The highest BCUT2D eigenvalue weighted by Crippen LogP contribution is 2.15. The van der Waals surface area contributed by atoms with Crippen molar-refractivity contribution < 1.29 is 0 Å². The van der Waals surface area contributed by atoms with Gasteiger partial charge in [0.1, 0.15) is 0 Å². The summed E-state index contributed by atoms with van der Waals surface area (Å²) in [5.41, 5.74) is 0. The lowest BCUT2D eigenvalue weighted by atomic mass is 10.0. The van der Waals surface area contributed by atoms with E-state index in [2.05, 4.69) is 24.1 Å². The molecular formula is C21H36S. The van der Waals surface area contributed by atoms with E-state index in [0.29, 0.717) is 0 Å².